The van der Waals surface area contributed by atoms with Crippen molar-refractivity contribution in [2.75, 3.05) is 19.8 Å². The number of rotatable bonds is 12. The van der Waals surface area contributed by atoms with Gasteiger partial charge in [0.05, 0.1) is 11.1 Å². The predicted octanol–water partition coefficient (Wildman–Crippen LogP) is 4.86. The topological polar surface area (TPSA) is 67.8 Å². The van der Waals surface area contributed by atoms with E-state index in [9.17, 15) is 9.90 Å². The van der Waals surface area contributed by atoms with E-state index >= 15 is 0 Å². The smallest absolute Gasteiger partial charge is 0.306 e. The van der Waals surface area contributed by atoms with Crippen molar-refractivity contribution < 1.29 is 19.4 Å². The molecule has 0 aliphatic heterocycles. The second kappa shape index (κ2) is 12.0. The number of hydrogen-bond acceptors (Lipinski definition) is 5. The largest absolute Gasteiger partial charge is 0.490 e. The number of ether oxygens (including phenoxy) is 2. The average molecular weight is 518 g/mol. The minimum atomic E-state index is -0.625. The molecule has 33 heavy (non-hydrogen) atoms. The monoisotopic (exact) mass is 517 g/mol. The highest BCUT2D eigenvalue weighted by molar-refractivity contribution is 9.10. The molecule has 0 saturated heterocycles. The first kappa shape index (κ1) is 25.7. The van der Waals surface area contributed by atoms with Crippen molar-refractivity contribution in [3.05, 3.63) is 63.6 Å². The number of aliphatic hydroxyl groups is 1. The van der Waals surface area contributed by atoms with E-state index in [-0.39, 0.29) is 18.1 Å². The van der Waals surface area contributed by atoms with Gasteiger partial charge >= 0.3 is 5.97 Å². The molecule has 0 aromatic heterocycles. The van der Waals surface area contributed by atoms with E-state index in [0.29, 0.717) is 37.7 Å². The number of β-amino-alcohol motifs (C(OH)–C–C–N with tert-alkyl or cyclic N) is 1. The molecule has 1 aliphatic rings. The van der Waals surface area contributed by atoms with Crippen LogP contribution in [0.5, 0.6) is 5.75 Å². The molecule has 180 valence electrons. The third-order valence-corrected chi connectivity index (χ3v) is 6.76. The van der Waals surface area contributed by atoms with Gasteiger partial charge in [0.2, 0.25) is 0 Å². The van der Waals surface area contributed by atoms with Crippen LogP contribution >= 0.6 is 15.9 Å². The summed E-state index contributed by atoms with van der Waals surface area (Å²) < 4.78 is 11.7. The van der Waals surface area contributed by atoms with Crippen molar-refractivity contribution in [3.8, 4) is 5.75 Å². The van der Waals surface area contributed by atoms with Crippen molar-refractivity contribution >= 4 is 21.9 Å². The minimum Gasteiger partial charge on any atom is -0.490 e. The number of esters is 1. The van der Waals surface area contributed by atoms with E-state index in [0.717, 1.165) is 29.3 Å². The Hall–Kier alpha value is -1.89. The van der Waals surface area contributed by atoms with E-state index in [4.69, 9.17) is 9.47 Å². The molecule has 0 heterocycles. The van der Waals surface area contributed by atoms with Crippen LogP contribution < -0.4 is 10.1 Å². The maximum Gasteiger partial charge on any atom is 0.306 e. The van der Waals surface area contributed by atoms with Gasteiger partial charge in [-0.25, -0.2) is 0 Å². The molecule has 0 radical (unpaired) electrons. The summed E-state index contributed by atoms with van der Waals surface area (Å²) in [6, 6.07) is 14.5. The number of aliphatic hydroxyl groups excluding tert-OH is 1. The molecule has 6 heteroatoms. The van der Waals surface area contributed by atoms with E-state index in [1.165, 1.54) is 11.1 Å². The van der Waals surface area contributed by atoms with E-state index in [1.807, 2.05) is 18.2 Å². The molecule has 1 aliphatic carbocycles. The highest BCUT2D eigenvalue weighted by atomic mass is 79.9. The first-order valence-electron chi connectivity index (χ1n) is 11.8. The Kier molecular flexibility index (Phi) is 9.36. The van der Waals surface area contributed by atoms with Gasteiger partial charge in [0, 0.05) is 18.5 Å². The third-order valence-electron chi connectivity index (χ3n) is 6.10. The second-order valence-corrected chi connectivity index (χ2v) is 10.4. The van der Waals surface area contributed by atoms with Crippen molar-refractivity contribution in [1.82, 2.24) is 5.32 Å². The van der Waals surface area contributed by atoms with Crippen molar-refractivity contribution in [3.63, 3.8) is 0 Å². The van der Waals surface area contributed by atoms with Gasteiger partial charge in [-0.3, -0.25) is 4.79 Å². The van der Waals surface area contributed by atoms with Crippen LogP contribution in [0, 0.1) is 5.92 Å². The lowest BCUT2D eigenvalue weighted by Crippen LogP contribution is -2.46. The molecule has 0 fully saturated rings. The normalized spacial score (nSPS) is 14.7. The summed E-state index contributed by atoms with van der Waals surface area (Å²) in [5.41, 5.74) is 3.87. The zero-order chi connectivity index (χ0) is 23.8. The Morgan fingerprint density at radius 1 is 1.21 bits per heavy atom. The summed E-state index contributed by atoms with van der Waals surface area (Å²) in [4.78, 5) is 11.6. The summed E-state index contributed by atoms with van der Waals surface area (Å²) in [5, 5.41) is 14.0. The van der Waals surface area contributed by atoms with Gasteiger partial charge in [-0.05, 0) is 97.1 Å². The van der Waals surface area contributed by atoms with Gasteiger partial charge in [0.25, 0.3) is 0 Å². The predicted molar refractivity (Wildman–Crippen MR) is 135 cm³/mol. The SMILES string of the molecule is CCOC(=O)CCc1ccc(Br)c(OCC(O)CNC(C)(C)CC2Cc3ccccc3C2)c1. The van der Waals surface area contributed by atoms with E-state index < -0.39 is 6.10 Å². The fraction of sp³-hybridized carbons (Fsp3) is 0.519. The molecular formula is C27H36BrNO4. The fourth-order valence-electron chi connectivity index (χ4n) is 4.52. The van der Waals surface area contributed by atoms with Gasteiger partial charge in [0.1, 0.15) is 18.5 Å². The van der Waals surface area contributed by atoms with E-state index in [2.05, 4.69) is 59.4 Å². The van der Waals surface area contributed by atoms with Gasteiger partial charge in [-0.2, -0.15) is 0 Å². The summed E-state index contributed by atoms with van der Waals surface area (Å²) in [6.07, 6.45) is 3.62. The lowest BCUT2D eigenvalue weighted by atomic mass is 9.88. The molecular weight excluding hydrogens is 482 g/mol. The molecule has 2 N–H and O–H groups in total. The second-order valence-electron chi connectivity index (χ2n) is 9.55. The van der Waals surface area contributed by atoms with Crippen LogP contribution in [0.15, 0.2) is 46.9 Å². The zero-order valence-electron chi connectivity index (χ0n) is 19.9. The summed E-state index contributed by atoms with van der Waals surface area (Å²) in [7, 11) is 0. The number of nitrogens with one attached hydrogen (secondary N) is 1. The molecule has 0 bridgehead atoms. The number of aryl methyl sites for hydroxylation is 1. The summed E-state index contributed by atoms with van der Waals surface area (Å²) in [5.74, 6) is 1.10. The Labute approximate surface area is 206 Å². The molecule has 5 nitrogen and oxygen atoms in total. The Balaban J connectivity index is 1.43. The quantitative estimate of drug-likeness (QED) is 0.393. The molecule has 2 aromatic carbocycles. The molecule has 1 unspecified atom stereocenters. The van der Waals surface area contributed by atoms with Crippen LogP contribution in [0.25, 0.3) is 0 Å². The lowest BCUT2D eigenvalue weighted by Gasteiger charge is -2.30. The molecule has 0 amide bonds. The maximum atomic E-state index is 11.6. The van der Waals surface area contributed by atoms with Crippen molar-refractivity contribution in [2.24, 2.45) is 5.92 Å². The van der Waals surface area contributed by atoms with Gasteiger partial charge in [0.15, 0.2) is 0 Å². The molecule has 0 spiro atoms. The molecule has 0 saturated carbocycles. The first-order chi connectivity index (χ1) is 15.8. The fourth-order valence-corrected chi connectivity index (χ4v) is 4.88. The number of halogens is 1. The van der Waals surface area contributed by atoms with Gasteiger partial charge < -0.3 is 19.9 Å². The zero-order valence-corrected chi connectivity index (χ0v) is 21.5. The molecule has 1 atom stereocenters. The Bertz CT molecular complexity index is 905. The highest BCUT2D eigenvalue weighted by Crippen LogP contribution is 2.32. The van der Waals surface area contributed by atoms with Crippen molar-refractivity contribution in [1.29, 1.82) is 0 Å². The van der Waals surface area contributed by atoms with Crippen LogP contribution in [0.1, 0.15) is 50.3 Å². The van der Waals surface area contributed by atoms with Gasteiger partial charge in [-0.15, -0.1) is 0 Å². The number of hydrogen-bond donors (Lipinski definition) is 2. The number of carbonyl (C=O) groups is 1. The number of carbonyl (C=O) groups excluding carboxylic acids is 1. The number of fused-ring (bicyclic) bond motifs is 1. The maximum absolute atomic E-state index is 11.6. The molecule has 3 rings (SSSR count). The van der Waals surface area contributed by atoms with Crippen LogP contribution in [-0.2, 0) is 28.8 Å². The molecule has 2 aromatic rings. The lowest BCUT2D eigenvalue weighted by molar-refractivity contribution is -0.143. The highest BCUT2D eigenvalue weighted by Gasteiger charge is 2.28. The Morgan fingerprint density at radius 2 is 1.91 bits per heavy atom. The standard InChI is InChI=1S/C27H36BrNO4/c1-4-32-26(31)12-10-19-9-11-24(28)25(15-19)33-18-23(30)17-29-27(2,3)16-20-13-21-7-5-6-8-22(21)14-20/h5-9,11,15,20,23,29-30H,4,10,12-14,16-18H2,1-3H3. The van der Waals surface area contributed by atoms with E-state index in [1.54, 1.807) is 6.92 Å². The average Bonchev–Trinajstić information content (AvgIpc) is 3.18. The van der Waals surface area contributed by atoms with Crippen LogP contribution in [0.4, 0.5) is 0 Å². The van der Waals surface area contributed by atoms with Crippen LogP contribution in [0.2, 0.25) is 0 Å². The number of benzene rings is 2. The minimum absolute atomic E-state index is 0.0682. The van der Waals surface area contributed by atoms with Gasteiger partial charge in [-0.1, -0.05) is 30.3 Å². The summed E-state index contributed by atoms with van der Waals surface area (Å²) in [6.45, 7) is 7.26. The Morgan fingerprint density at radius 3 is 2.58 bits per heavy atom. The third kappa shape index (κ3) is 8.13. The summed E-state index contributed by atoms with van der Waals surface area (Å²) >= 11 is 3.50. The van der Waals surface area contributed by atoms with Crippen molar-refractivity contribution in [2.45, 2.75) is 64.5 Å². The first-order valence-corrected chi connectivity index (χ1v) is 12.6. The van der Waals surface area contributed by atoms with Crippen LogP contribution in [-0.4, -0.2) is 42.5 Å². The van der Waals surface area contributed by atoms with Crippen LogP contribution in [0.3, 0.4) is 0 Å².